The number of hydrogen-bond donors (Lipinski definition) is 0. The number of nitrogens with zero attached hydrogens (tertiary/aromatic N) is 7. The molecule has 3 saturated heterocycles. The molecule has 0 N–H and O–H groups in total. The van der Waals surface area contributed by atoms with E-state index in [0.29, 0.717) is 32.1 Å². The second-order valence-electron chi connectivity index (χ2n) is 10.1. The summed E-state index contributed by atoms with van der Waals surface area (Å²) in [6, 6.07) is 2.66. The standard InChI is InChI=1S/C26H39N7O2/c1-20-23(6-7-26(34)32-12-8-22(9-13-32)30-10-4-3-5-11-30)21(2)33(29-20)25-18-24(27-19-28-25)31-14-16-35-17-15-31/h18-19,22H,3-17H2,1-2H3. The zero-order valence-electron chi connectivity index (χ0n) is 21.3. The van der Waals surface area contributed by atoms with Crippen molar-refractivity contribution in [1.82, 2.24) is 29.5 Å². The maximum absolute atomic E-state index is 13.0. The maximum Gasteiger partial charge on any atom is 0.222 e. The largest absolute Gasteiger partial charge is 0.378 e. The third kappa shape index (κ3) is 5.51. The van der Waals surface area contributed by atoms with Gasteiger partial charge >= 0.3 is 0 Å². The number of piperidine rings is 2. The zero-order chi connectivity index (χ0) is 24.2. The Kier molecular flexibility index (Phi) is 7.63. The van der Waals surface area contributed by atoms with Gasteiger partial charge in [-0.05, 0) is 64.6 Å². The Morgan fingerprint density at radius 3 is 2.43 bits per heavy atom. The van der Waals surface area contributed by atoms with Gasteiger partial charge in [-0.25, -0.2) is 14.6 Å². The van der Waals surface area contributed by atoms with Gasteiger partial charge in [0, 0.05) is 50.4 Å². The Balaban J connectivity index is 1.19. The molecule has 5 rings (SSSR count). The van der Waals surface area contributed by atoms with Crippen molar-refractivity contribution in [2.75, 3.05) is 57.4 Å². The molecule has 2 aromatic heterocycles. The summed E-state index contributed by atoms with van der Waals surface area (Å²) in [5, 5.41) is 4.77. The van der Waals surface area contributed by atoms with Crippen LogP contribution >= 0.6 is 0 Å². The van der Waals surface area contributed by atoms with Crippen LogP contribution in [0.5, 0.6) is 0 Å². The molecule has 0 saturated carbocycles. The van der Waals surface area contributed by atoms with E-state index in [1.165, 1.54) is 32.4 Å². The molecule has 0 unspecified atom stereocenters. The van der Waals surface area contributed by atoms with Gasteiger partial charge in [0.25, 0.3) is 0 Å². The van der Waals surface area contributed by atoms with Crippen LogP contribution in [0.15, 0.2) is 12.4 Å². The van der Waals surface area contributed by atoms with Crippen molar-refractivity contribution in [2.24, 2.45) is 0 Å². The molecule has 1 amide bonds. The average Bonchev–Trinajstić information content (AvgIpc) is 3.21. The summed E-state index contributed by atoms with van der Waals surface area (Å²) in [7, 11) is 0. The highest BCUT2D eigenvalue weighted by atomic mass is 16.5. The number of likely N-dealkylation sites (tertiary alicyclic amines) is 2. The van der Waals surface area contributed by atoms with Gasteiger partial charge in [-0.15, -0.1) is 0 Å². The number of aryl methyl sites for hydroxylation is 1. The predicted octanol–water partition coefficient (Wildman–Crippen LogP) is 2.53. The minimum absolute atomic E-state index is 0.269. The van der Waals surface area contributed by atoms with Gasteiger partial charge in [0.05, 0.1) is 18.9 Å². The van der Waals surface area contributed by atoms with Gasteiger partial charge in [-0.2, -0.15) is 5.10 Å². The fourth-order valence-corrected chi connectivity index (χ4v) is 5.83. The zero-order valence-corrected chi connectivity index (χ0v) is 21.3. The average molecular weight is 482 g/mol. The molecule has 9 heteroatoms. The van der Waals surface area contributed by atoms with E-state index in [2.05, 4.69) is 31.6 Å². The Morgan fingerprint density at radius 2 is 1.69 bits per heavy atom. The second-order valence-corrected chi connectivity index (χ2v) is 10.1. The number of anilines is 1. The number of ether oxygens (including phenoxy) is 1. The Hall–Kier alpha value is -2.52. The van der Waals surface area contributed by atoms with E-state index in [1.807, 2.05) is 17.7 Å². The summed E-state index contributed by atoms with van der Waals surface area (Å²) in [6.45, 7) is 11.4. The first kappa shape index (κ1) is 24.2. The van der Waals surface area contributed by atoms with Crippen LogP contribution < -0.4 is 4.90 Å². The Bertz CT molecular complexity index is 1000. The third-order valence-electron chi connectivity index (χ3n) is 7.94. The molecule has 0 bridgehead atoms. The number of hydrogen-bond acceptors (Lipinski definition) is 7. The van der Waals surface area contributed by atoms with Crippen molar-refractivity contribution in [3.63, 3.8) is 0 Å². The van der Waals surface area contributed by atoms with Crippen LogP contribution in [0.4, 0.5) is 5.82 Å². The van der Waals surface area contributed by atoms with Crippen molar-refractivity contribution in [2.45, 2.75) is 64.8 Å². The van der Waals surface area contributed by atoms with Gasteiger partial charge in [-0.3, -0.25) is 4.79 Å². The smallest absolute Gasteiger partial charge is 0.222 e. The molecule has 35 heavy (non-hydrogen) atoms. The molecule has 0 aromatic carbocycles. The number of carbonyl (C=O) groups excluding carboxylic acids is 1. The van der Waals surface area contributed by atoms with Crippen LogP contribution in [-0.2, 0) is 16.0 Å². The monoisotopic (exact) mass is 481 g/mol. The topological polar surface area (TPSA) is 79.6 Å². The van der Waals surface area contributed by atoms with Crippen molar-refractivity contribution >= 4 is 11.7 Å². The number of carbonyl (C=O) groups is 1. The van der Waals surface area contributed by atoms with Gasteiger partial charge in [0.1, 0.15) is 12.1 Å². The number of morpholine rings is 1. The highest BCUT2D eigenvalue weighted by Crippen LogP contribution is 2.23. The first-order valence-corrected chi connectivity index (χ1v) is 13.3. The molecule has 190 valence electrons. The number of aromatic nitrogens is 4. The van der Waals surface area contributed by atoms with Crippen molar-refractivity contribution in [3.8, 4) is 5.82 Å². The first-order valence-electron chi connectivity index (χ1n) is 13.3. The molecule has 0 radical (unpaired) electrons. The van der Waals surface area contributed by atoms with Crippen molar-refractivity contribution in [1.29, 1.82) is 0 Å². The van der Waals surface area contributed by atoms with Gasteiger partial charge < -0.3 is 19.4 Å². The van der Waals surface area contributed by atoms with Crippen molar-refractivity contribution < 1.29 is 9.53 Å². The molecule has 0 spiro atoms. The molecule has 5 heterocycles. The van der Waals surface area contributed by atoms with E-state index in [9.17, 15) is 4.79 Å². The van der Waals surface area contributed by atoms with E-state index in [1.54, 1.807) is 6.33 Å². The summed E-state index contributed by atoms with van der Waals surface area (Å²) < 4.78 is 7.36. The summed E-state index contributed by atoms with van der Waals surface area (Å²) in [6.07, 6.45) is 9.10. The van der Waals surface area contributed by atoms with Crippen LogP contribution in [0.25, 0.3) is 5.82 Å². The van der Waals surface area contributed by atoms with Gasteiger partial charge in [0.2, 0.25) is 5.91 Å². The third-order valence-corrected chi connectivity index (χ3v) is 7.94. The van der Waals surface area contributed by atoms with E-state index in [-0.39, 0.29) is 5.91 Å². The molecule has 3 fully saturated rings. The fraction of sp³-hybridized carbons (Fsp3) is 0.692. The summed E-state index contributed by atoms with van der Waals surface area (Å²) in [5.74, 6) is 1.93. The second kappa shape index (κ2) is 11.0. The highest BCUT2D eigenvalue weighted by molar-refractivity contribution is 5.76. The van der Waals surface area contributed by atoms with Crippen LogP contribution in [0.3, 0.4) is 0 Å². The quantitative estimate of drug-likeness (QED) is 0.627. The molecule has 3 aliphatic rings. The molecule has 3 aliphatic heterocycles. The fourth-order valence-electron chi connectivity index (χ4n) is 5.83. The van der Waals surface area contributed by atoms with Gasteiger partial charge in [0.15, 0.2) is 5.82 Å². The molecular weight excluding hydrogens is 442 g/mol. The molecule has 0 atom stereocenters. The van der Waals surface area contributed by atoms with E-state index in [0.717, 1.165) is 67.6 Å². The first-order chi connectivity index (χ1) is 17.1. The molecular formula is C26H39N7O2. The lowest BCUT2D eigenvalue weighted by molar-refractivity contribution is -0.132. The van der Waals surface area contributed by atoms with Crippen LogP contribution in [0.1, 0.15) is 55.5 Å². The minimum Gasteiger partial charge on any atom is -0.378 e. The van der Waals surface area contributed by atoms with E-state index >= 15 is 0 Å². The summed E-state index contributed by atoms with van der Waals surface area (Å²) >= 11 is 0. The Morgan fingerprint density at radius 1 is 0.971 bits per heavy atom. The number of amides is 1. The van der Waals surface area contributed by atoms with Gasteiger partial charge in [-0.1, -0.05) is 6.42 Å². The lowest BCUT2D eigenvalue weighted by Gasteiger charge is -2.40. The summed E-state index contributed by atoms with van der Waals surface area (Å²) in [5.41, 5.74) is 3.16. The normalized spacial score (nSPS) is 20.4. The SMILES string of the molecule is Cc1nn(-c2cc(N3CCOCC3)ncn2)c(C)c1CCC(=O)N1CCC(N2CCCCC2)CC1. The van der Waals surface area contributed by atoms with E-state index in [4.69, 9.17) is 9.84 Å². The molecule has 0 aliphatic carbocycles. The highest BCUT2D eigenvalue weighted by Gasteiger charge is 2.28. The Labute approximate surface area is 208 Å². The molecule has 9 nitrogen and oxygen atoms in total. The van der Waals surface area contributed by atoms with Crippen LogP contribution in [0, 0.1) is 13.8 Å². The predicted molar refractivity (Wildman–Crippen MR) is 135 cm³/mol. The van der Waals surface area contributed by atoms with E-state index < -0.39 is 0 Å². The van der Waals surface area contributed by atoms with Crippen LogP contribution in [-0.4, -0.2) is 94.0 Å². The minimum atomic E-state index is 0.269. The maximum atomic E-state index is 13.0. The molecule has 2 aromatic rings. The lowest BCUT2D eigenvalue weighted by atomic mass is 9.99. The van der Waals surface area contributed by atoms with Crippen LogP contribution in [0.2, 0.25) is 0 Å². The summed E-state index contributed by atoms with van der Waals surface area (Å²) in [4.78, 5) is 28.9. The number of rotatable bonds is 6. The lowest BCUT2D eigenvalue weighted by Crippen LogP contribution is -2.48. The van der Waals surface area contributed by atoms with Crippen molar-refractivity contribution in [3.05, 3.63) is 29.3 Å².